The van der Waals surface area contributed by atoms with Gasteiger partial charge in [-0.05, 0) is 30.2 Å². The number of amides is 1. The fourth-order valence-electron chi connectivity index (χ4n) is 1.70. The predicted octanol–water partition coefficient (Wildman–Crippen LogP) is 2.87. The fourth-order valence-corrected chi connectivity index (χ4v) is 1.96. The number of rotatable bonds is 6. The van der Waals surface area contributed by atoms with Crippen molar-refractivity contribution >= 4 is 27.9 Å². The number of nitrogens with one attached hydrogen (secondary N) is 1. The van der Waals surface area contributed by atoms with E-state index in [0.29, 0.717) is 6.54 Å². The summed E-state index contributed by atoms with van der Waals surface area (Å²) in [5.41, 5.74) is 1.00. The van der Waals surface area contributed by atoms with Crippen molar-refractivity contribution in [2.45, 2.75) is 13.0 Å². The van der Waals surface area contributed by atoms with Crippen LogP contribution in [0.2, 0.25) is 0 Å². The summed E-state index contributed by atoms with van der Waals surface area (Å²) in [4.78, 5) is 15.6. The third kappa shape index (κ3) is 5.01. The molecule has 1 N–H and O–H groups in total. The Morgan fingerprint density at radius 1 is 1.35 bits per heavy atom. The zero-order valence-corrected chi connectivity index (χ0v) is 12.6. The first-order chi connectivity index (χ1) is 9.74. The summed E-state index contributed by atoms with van der Waals surface area (Å²) < 4.78 is 3.02. The Bertz CT molecular complexity index is 561. The molecule has 0 bridgehead atoms. The van der Waals surface area contributed by atoms with Crippen molar-refractivity contribution in [3.63, 3.8) is 0 Å². The van der Waals surface area contributed by atoms with E-state index in [2.05, 4.69) is 26.2 Å². The van der Waals surface area contributed by atoms with Crippen molar-refractivity contribution < 1.29 is 4.79 Å². The van der Waals surface area contributed by atoms with E-state index in [0.717, 1.165) is 23.0 Å². The number of nitrogens with zero attached hydrogens (tertiary/aromatic N) is 2. The Balaban J connectivity index is 1.68. The Kier molecular flexibility index (Phi) is 5.55. The zero-order valence-electron chi connectivity index (χ0n) is 11.0. The van der Waals surface area contributed by atoms with Crippen LogP contribution in [0.25, 0.3) is 6.08 Å². The average Bonchev–Trinajstić information content (AvgIpc) is 2.96. The molecule has 1 aromatic carbocycles. The predicted molar refractivity (Wildman–Crippen MR) is 83.0 cm³/mol. The molecule has 0 saturated carbocycles. The van der Waals surface area contributed by atoms with Crippen LogP contribution in [-0.2, 0) is 11.3 Å². The minimum atomic E-state index is -0.0708. The van der Waals surface area contributed by atoms with Gasteiger partial charge in [-0.2, -0.15) is 0 Å². The molecule has 20 heavy (non-hydrogen) atoms. The summed E-state index contributed by atoms with van der Waals surface area (Å²) in [5.74, 6) is -0.0708. The normalized spacial score (nSPS) is 10.8. The van der Waals surface area contributed by atoms with Crippen LogP contribution in [-0.4, -0.2) is 22.0 Å². The number of carbonyl (C=O) groups is 1. The molecular formula is C15H16BrN3O. The second kappa shape index (κ2) is 7.65. The van der Waals surface area contributed by atoms with Crippen LogP contribution in [0.3, 0.4) is 0 Å². The maximum atomic E-state index is 11.6. The highest BCUT2D eigenvalue weighted by Gasteiger charge is 1.96. The lowest BCUT2D eigenvalue weighted by Gasteiger charge is -2.03. The molecule has 2 aromatic rings. The van der Waals surface area contributed by atoms with E-state index in [4.69, 9.17) is 0 Å². The third-order valence-electron chi connectivity index (χ3n) is 2.75. The minimum absolute atomic E-state index is 0.0708. The van der Waals surface area contributed by atoms with Crippen molar-refractivity contribution in [1.29, 1.82) is 0 Å². The first kappa shape index (κ1) is 14.5. The molecule has 0 aliphatic heterocycles. The van der Waals surface area contributed by atoms with Gasteiger partial charge in [-0.25, -0.2) is 4.98 Å². The van der Waals surface area contributed by atoms with Crippen molar-refractivity contribution in [2.24, 2.45) is 0 Å². The lowest BCUT2D eigenvalue weighted by Crippen LogP contribution is -2.22. The van der Waals surface area contributed by atoms with Gasteiger partial charge in [0.2, 0.25) is 5.91 Å². The van der Waals surface area contributed by atoms with Gasteiger partial charge in [-0.1, -0.05) is 28.1 Å². The van der Waals surface area contributed by atoms with Crippen LogP contribution in [0, 0.1) is 0 Å². The Morgan fingerprint density at radius 2 is 2.15 bits per heavy atom. The molecule has 2 rings (SSSR count). The van der Waals surface area contributed by atoms with Gasteiger partial charge in [0.25, 0.3) is 0 Å². The van der Waals surface area contributed by atoms with Crippen LogP contribution < -0.4 is 5.32 Å². The highest BCUT2D eigenvalue weighted by molar-refractivity contribution is 9.10. The molecule has 104 valence electrons. The van der Waals surface area contributed by atoms with E-state index in [9.17, 15) is 4.79 Å². The summed E-state index contributed by atoms with van der Waals surface area (Å²) in [7, 11) is 0. The number of hydrogen-bond acceptors (Lipinski definition) is 2. The number of benzene rings is 1. The fraction of sp³-hybridized carbons (Fsp3) is 0.200. The number of aryl methyl sites for hydroxylation is 1. The van der Waals surface area contributed by atoms with Crippen LogP contribution in [0.15, 0.2) is 53.5 Å². The standard InChI is InChI=1S/C15H16BrN3O/c16-14-5-2-13(3-6-14)4-7-15(20)18-8-1-10-19-11-9-17-12-19/h2-7,9,11-12H,1,8,10H2,(H,18,20)/b7-4+. The zero-order chi connectivity index (χ0) is 14.2. The largest absolute Gasteiger partial charge is 0.352 e. The smallest absolute Gasteiger partial charge is 0.244 e. The third-order valence-corrected chi connectivity index (χ3v) is 3.28. The molecule has 0 aliphatic carbocycles. The monoisotopic (exact) mass is 333 g/mol. The first-order valence-electron chi connectivity index (χ1n) is 6.41. The lowest BCUT2D eigenvalue weighted by atomic mass is 10.2. The summed E-state index contributed by atoms with van der Waals surface area (Å²) in [6, 6.07) is 7.80. The molecule has 1 heterocycles. The lowest BCUT2D eigenvalue weighted by molar-refractivity contribution is -0.116. The van der Waals surface area contributed by atoms with E-state index in [1.807, 2.05) is 35.0 Å². The summed E-state index contributed by atoms with van der Waals surface area (Å²) in [5, 5.41) is 2.86. The van der Waals surface area contributed by atoms with E-state index < -0.39 is 0 Å². The number of halogens is 1. The molecule has 4 nitrogen and oxygen atoms in total. The number of aromatic nitrogens is 2. The van der Waals surface area contributed by atoms with Gasteiger partial charge in [0, 0.05) is 36.0 Å². The Labute approximate surface area is 126 Å². The van der Waals surface area contributed by atoms with E-state index in [1.54, 1.807) is 24.7 Å². The quantitative estimate of drug-likeness (QED) is 0.652. The van der Waals surface area contributed by atoms with Crippen LogP contribution in [0.5, 0.6) is 0 Å². The van der Waals surface area contributed by atoms with Crippen LogP contribution in [0.1, 0.15) is 12.0 Å². The van der Waals surface area contributed by atoms with Crippen molar-refractivity contribution in [1.82, 2.24) is 14.9 Å². The number of imidazole rings is 1. The molecule has 1 amide bonds. The van der Waals surface area contributed by atoms with E-state index in [-0.39, 0.29) is 5.91 Å². The maximum Gasteiger partial charge on any atom is 0.244 e. The van der Waals surface area contributed by atoms with E-state index >= 15 is 0 Å². The SMILES string of the molecule is O=C(/C=C/c1ccc(Br)cc1)NCCCn1ccnc1. The van der Waals surface area contributed by atoms with Crippen molar-refractivity contribution in [3.05, 3.63) is 59.1 Å². The maximum absolute atomic E-state index is 11.6. The number of carbonyl (C=O) groups excluding carboxylic acids is 1. The first-order valence-corrected chi connectivity index (χ1v) is 7.20. The molecule has 0 saturated heterocycles. The highest BCUT2D eigenvalue weighted by atomic mass is 79.9. The van der Waals surface area contributed by atoms with Crippen molar-refractivity contribution in [2.75, 3.05) is 6.54 Å². The molecule has 0 radical (unpaired) electrons. The highest BCUT2D eigenvalue weighted by Crippen LogP contribution is 2.11. The molecule has 5 heteroatoms. The van der Waals surface area contributed by atoms with Gasteiger partial charge in [0.05, 0.1) is 6.33 Å². The Morgan fingerprint density at radius 3 is 2.85 bits per heavy atom. The molecule has 0 fully saturated rings. The molecule has 1 aromatic heterocycles. The van der Waals surface area contributed by atoms with Crippen LogP contribution >= 0.6 is 15.9 Å². The van der Waals surface area contributed by atoms with Gasteiger partial charge in [-0.15, -0.1) is 0 Å². The summed E-state index contributed by atoms with van der Waals surface area (Å²) >= 11 is 3.37. The van der Waals surface area contributed by atoms with Gasteiger partial charge in [0.1, 0.15) is 0 Å². The van der Waals surface area contributed by atoms with Crippen LogP contribution in [0.4, 0.5) is 0 Å². The van der Waals surface area contributed by atoms with Gasteiger partial charge in [0.15, 0.2) is 0 Å². The van der Waals surface area contributed by atoms with Gasteiger partial charge < -0.3 is 9.88 Å². The van der Waals surface area contributed by atoms with Crippen molar-refractivity contribution in [3.8, 4) is 0 Å². The van der Waals surface area contributed by atoms with Gasteiger partial charge >= 0.3 is 0 Å². The molecular weight excluding hydrogens is 318 g/mol. The van der Waals surface area contributed by atoms with Gasteiger partial charge in [-0.3, -0.25) is 4.79 Å². The minimum Gasteiger partial charge on any atom is -0.352 e. The second-order valence-electron chi connectivity index (χ2n) is 4.33. The molecule has 0 aliphatic rings. The topological polar surface area (TPSA) is 46.9 Å². The van der Waals surface area contributed by atoms with E-state index in [1.165, 1.54) is 0 Å². The molecule has 0 spiro atoms. The molecule has 0 atom stereocenters. The second-order valence-corrected chi connectivity index (χ2v) is 5.25. The number of hydrogen-bond donors (Lipinski definition) is 1. The average molecular weight is 334 g/mol. The Hall–Kier alpha value is -1.88. The summed E-state index contributed by atoms with van der Waals surface area (Å²) in [6.45, 7) is 1.51. The summed E-state index contributed by atoms with van der Waals surface area (Å²) in [6.07, 6.45) is 9.68. The molecule has 0 unspecified atom stereocenters.